The van der Waals surface area contributed by atoms with Gasteiger partial charge in [0, 0.05) is 13.6 Å². The molecule has 3 rings (SSSR count). The highest BCUT2D eigenvalue weighted by Crippen LogP contribution is 2.21. The Bertz CT molecular complexity index is 1130. The molecule has 0 bridgehead atoms. The van der Waals surface area contributed by atoms with Crippen LogP contribution in [0.5, 0.6) is 5.75 Å². The van der Waals surface area contributed by atoms with Crippen molar-refractivity contribution >= 4 is 34.8 Å². The summed E-state index contributed by atoms with van der Waals surface area (Å²) in [5, 5.41) is 5.84. The third-order valence-electron chi connectivity index (χ3n) is 4.83. The lowest BCUT2D eigenvalue weighted by molar-refractivity contribution is 0.0949. The monoisotopic (exact) mass is 461 g/mol. The van der Waals surface area contributed by atoms with Gasteiger partial charge < -0.3 is 15.0 Å². The molecule has 0 aliphatic carbocycles. The van der Waals surface area contributed by atoms with Gasteiger partial charge in [0.1, 0.15) is 5.75 Å². The van der Waals surface area contributed by atoms with Crippen molar-refractivity contribution in [1.29, 1.82) is 0 Å². The van der Waals surface area contributed by atoms with E-state index in [4.69, 9.17) is 17.0 Å². The van der Waals surface area contributed by atoms with E-state index in [2.05, 4.69) is 10.6 Å². The van der Waals surface area contributed by atoms with E-state index in [9.17, 15) is 9.59 Å². The van der Waals surface area contributed by atoms with Crippen molar-refractivity contribution in [2.24, 2.45) is 0 Å². The van der Waals surface area contributed by atoms with E-state index in [1.54, 1.807) is 48.3 Å². The minimum Gasteiger partial charge on any atom is -0.490 e. The predicted octanol–water partition coefficient (Wildman–Crippen LogP) is 4.55. The van der Waals surface area contributed by atoms with E-state index >= 15 is 0 Å². The average molecular weight is 462 g/mol. The highest BCUT2D eigenvalue weighted by Gasteiger charge is 2.20. The fraction of sp³-hybridized carbons (Fsp3) is 0.192. The maximum Gasteiger partial charge on any atom is 0.261 e. The van der Waals surface area contributed by atoms with Crippen LogP contribution in [0.15, 0.2) is 78.9 Å². The molecule has 6 nitrogen and oxygen atoms in total. The lowest BCUT2D eigenvalue weighted by Gasteiger charge is -2.23. The molecule has 2 amide bonds. The summed E-state index contributed by atoms with van der Waals surface area (Å²) in [6.45, 7) is 4.20. The van der Waals surface area contributed by atoms with Crippen LogP contribution >= 0.6 is 12.2 Å². The number of ether oxygens (including phenoxy) is 1. The first-order valence-corrected chi connectivity index (χ1v) is 11.0. The summed E-state index contributed by atoms with van der Waals surface area (Å²) in [5.41, 5.74) is 2.42. The van der Waals surface area contributed by atoms with Crippen LogP contribution in [0.2, 0.25) is 0 Å². The molecule has 33 heavy (non-hydrogen) atoms. The number of benzene rings is 3. The fourth-order valence-corrected chi connectivity index (χ4v) is 3.39. The van der Waals surface area contributed by atoms with Crippen LogP contribution in [0, 0.1) is 0 Å². The van der Waals surface area contributed by atoms with Gasteiger partial charge in [-0.1, -0.05) is 54.6 Å². The number of hydrogen-bond donors (Lipinski definition) is 2. The van der Waals surface area contributed by atoms with Gasteiger partial charge in [0.25, 0.3) is 11.8 Å². The summed E-state index contributed by atoms with van der Waals surface area (Å²) >= 11 is 5.47. The van der Waals surface area contributed by atoms with E-state index < -0.39 is 0 Å². The minimum atomic E-state index is -0.380. The number of amides is 2. The first-order chi connectivity index (χ1) is 15.9. The molecule has 7 heteroatoms. The number of carbonyl (C=O) groups excluding carboxylic acids is 2. The van der Waals surface area contributed by atoms with E-state index in [0.29, 0.717) is 29.1 Å². The van der Waals surface area contributed by atoms with Gasteiger partial charge in [-0.05, 0) is 55.9 Å². The molecule has 0 unspecified atom stereocenters. The standard InChI is InChI=1S/C26H27N3O3S/c1-18(2)32-23-16-10-8-14-21(23)25(31)28-26(33)29(3)22-15-9-7-13-20(22)24(30)27-17-19-11-5-4-6-12-19/h4-16,18H,17H2,1-3H3,(H,27,30)(H,28,31,33). The predicted molar refractivity (Wildman–Crippen MR) is 135 cm³/mol. The molecule has 170 valence electrons. The third kappa shape index (κ3) is 6.40. The summed E-state index contributed by atoms with van der Waals surface area (Å²) in [5.74, 6) is -0.128. The zero-order valence-corrected chi connectivity index (χ0v) is 19.7. The Kier molecular flexibility index (Phi) is 8.16. The molecule has 0 aliphatic heterocycles. The van der Waals surface area contributed by atoms with Crippen molar-refractivity contribution in [2.75, 3.05) is 11.9 Å². The van der Waals surface area contributed by atoms with Crippen LogP contribution in [0.1, 0.15) is 40.1 Å². The topological polar surface area (TPSA) is 70.7 Å². The van der Waals surface area contributed by atoms with Crippen molar-refractivity contribution in [3.05, 3.63) is 95.6 Å². The van der Waals surface area contributed by atoms with Crippen molar-refractivity contribution in [2.45, 2.75) is 26.5 Å². The first-order valence-electron chi connectivity index (χ1n) is 10.6. The van der Waals surface area contributed by atoms with Crippen molar-refractivity contribution in [1.82, 2.24) is 10.6 Å². The molecule has 0 saturated carbocycles. The van der Waals surface area contributed by atoms with Crippen molar-refractivity contribution in [3.8, 4) is 5.75 Å². The van der Waals surface area contributed by atoms with Gasteiger partial charge in [-0.25, -0.2) is 0 Å². The number of nitrogens with zero attached hydrogens (tertiary/aromatic N) is 1. The first kappa shape index (κ1) is 23.9. The molecular formula is C26H27N3O3S. The Balaban J connectivity index is 1.72. The fourth-order valence-electron chi connectivity index (χ4n) is 3.20. The second-order valence-electron chi connectivity index (χ2n) is 7.67. The number of nitrogens with one attached hydrogen (secondary N) is 2. The molecule has 0 aromatic heterocycles. The zero-order chi connectivity index (χ0) is 23.8. The molecule has 3 aromatic carbocycles. The number of anilines is 1. The lowest BCUT2D eigenvalue weighted by atomic mass is 10.1. The van der Waals surface area contributed by atoms with Crippen LogP contribution in [0.3, 0.4) is 0 Å². The minimum absolute atomic E-state index is 0.0742. The zero-order valence-electron chi connectivity index (χ0n) is 18.9. The molecule has 3 aromatic rings. The normalized spacial score (nSPS) is 10.4. The van der Waals surface area contributed by atoms with Crippen molar-refractivity contribution < 1.29 is 14.3 Å². The summed E-state index contributed by atoms with van der Waals surface area (Å²) in [6, 6.07) is 23.8. The van der Waals surface area contributed by atoms with Crippen LogP contribution in [-0.2, 0) is 6.54 Å². The molecule has 0 spiro atoms. The van der Waals surface area contributed by atoms with Crippen LogP contribution in [0.25, 0.3) is 0 Å². The molecule has 0 heterocycles. The van der Waals surface area contributed by atoms with Crippen LogP contribution < -0.4 is 20.3 Å². The summed E-state index contributed by atoms with van der Waals surface area (Å²) in [6.07, 6.45) is -0.0742. The Morgan fingerprint density at radius 2 is 1.48 bits per heavy atom. The van der Waals surface area contributed by atoms with E-state index in [1.807, 2.05) is 56.3 Å². The number of rotatable bonds is 7. The van der Waals surface area contributed by atoms with Crippen LogP contribution in [0.4, 0.5) is 5.69 Å². The largest absolute Gasteiger partial charge is 0.490 e. The molecule has 2 N–H and O–H groups in total. The van der Waals surface area contributed by atoms with Gasteiger partial charge in [-0.3, -0.25) is 14.9 Å². The summed E-state index contributed by atoms with van der Waals surface area (Å²) < 4.78 is 5.74. The quantitative estimate of drug-likeness (QED) is 0.505. The second-order valence-corrected chi connectivity index (χ2v) is 8.05. The number of thiocarbonyl (C=S) groups is 1. The maximum absolute atomic E-state index is 12.9. The number of hydrogen-bond acceptors (Lipinski definition) is 4. The summed E-state index contributed by atoms with van der Waals surface area (Å²) in [4.78, 5) is 27.4. The lowest BCUT2D eigenvalue weighted by Crippen LogP contribution is -2.41. The molecule has 0 aliphatic rings. The number of para-hydroxylation sites is 2. The molecule has 0 radical (unpaired) electrons. The van der Waals surface area contributed by atoms with Gasteiger partial charge in [-0.2, -0.15) is 0 Å². The Hall–Kier alpha value is -3.71. The third-order valence-corrected chi connectivity index (χ3v) is 5.20. The maximum atomic E-state index is 12.9. The highest BCUT2D eigenvalue weighted by atomic mass is 32.1. The Morgan fingerprint density at radius 1 is 0.879 bits per heavy atom. The Morgan fingerprint density at radius 3 is 2.18 bits per heavy atom. The smallest absolute Gasteiger partial charge is 0.261 e. The van der Waals surface area contributed by atoms with Gasteiger partial charge in [0.05, 0.1) is 22.9 Å². The number of carbonyl (C=O) groups is 2. The van der Waals surface area contributed by atoms with Gasteiger partial charge in [0.2, 0.25) is 0 Å². The Labute approximate surface area is 199 Å². The SMILES string of the molecule is CC(C)Oc1ccccc1C(=O)NC(=S)N(C)c1ccccc1C(=O)NCc1ccccc1. The van der Waals surface area contributed by atoms with Gasteiger partial charge >= 0.3 is 0 Å². The van der Waals surface area contributed by atoms with E-state index in [1.165, 1.54) is 0 Å². The van der Waals surface area contributed by atoms with Crippen LogP contribution in [-0.4, -0.2) is 30.1 Å². The van der Waals surface area contributed by atoms with Crippen molar-refractivity contribution in [3.63, 3.8) is 0 Å². The van der Waals surface area contributed by atoms with Gasteiger partial charge in [0.15, 0.2) is 5.11 Å². The van der Waals surface area contributed by atoms with E-state index in [0.717, 1.165) is 5.56 Å². The van der Waals surface area contributed by atoms with Gasteiger partial charge in [-0.15, -0.1) is 0 Å². The molecule has 0 saturated heterocycles. The summed E-state index contributed by atoms with van der Waals surface area (Å²) in [7, 11) is 1.71. The second kappa shape index (κ2) is 11.2. The molecule has 0 fully saturated rings. The molecular weight excluding hydrogens is 434 g/mol. The van der Waals surface area contributed by atoms with E-state index in [-0.39, 0.29) is 23.0 Å². The highest BCUT2D eigenvalue weighted by molar-refractivity contribution is 7.80. The average Bonchev–Trinajstić information content (AvgIpc) is 2.82. The molecule has 0 atom stereocenters.